The van der Waals surface area contributed by atoms with Crippen molar-refractivity contribution in [2.45, 2.75) is 23.5 Å². The van der Waals surface area contributed by atoms with E-state index in [1.165, 1.54) is 62.6 Å². The van der Waals surface area contributed by atoms with Crippen molar-refractivity contribution >= 4 is 57.7 Å². The molecule has 4 aromatic carbocycles. The highest BCUT2D eigenvalue weighted by Crippen LogP contribution is 2.36. The van der Waals surface area contributed by atoms with Crippen LogP contribution in [0.5, 0.6) is 17.2 Å². The molecule has 0 saturated heterocycles. The lowest BCUT2D eigenvalue weighted by molar-refractivity contribution is -0.116. The molecule has 5 aromatic rings. The van der Waals surface area contributed by atoms with Crippen LogP contribution in [0.4, 0.5) is 15.2 Å². The van der Waals surface area contributed by atoms with Crippen LogP contribution in [0.3, 0.4) is 0 Å². The van der Waals surface area contributed by atoms with Crippen molar-refractivity contribution < 1.29 is 33.0 Å². The van der Waals surface area contributed by atoms with E-state index in [0.29, 0.717) is 51.3 Å². The van der Waals surface area contributed by atoms with Crippen LogP contribution in [0.15, 0.2) is 107 Å². The molecule has 0 spiro atoms. The molecule has 0 radical (unpaired) electrons. The molecular formula is C38H35FN4O6S2. The molecule has 0 aliphatic carbocycles. The number of thiazole rings is 1. The van der Waals surface area contributed by atoms with Gasteiger partial charge in [0.25, 0.3) is 11.8 Å². The first-order chi connectivity index (χ1) is 24.7. The number of nitrogens with one attached hydrogen (secondary N) is 3. The summed E-state index contributed by atoms with van der Waals surface area (Å²) in [5.41, 5.74) is 2.60. The van der Waals surface area contributed by atoms with Crippen LogP contribution in [-0.2, 0) is 9.59 Å². The molecule has 1 aromatic heterocycles. The third-order valence-electron chi connectivity index (χ3n) is 7.47. The predicted octanol–water partition coefficient (Wildman–Crippen LogP) is 7.89. The van der Waals surface area contributed by atoms with E-state index in [-0.39, 0.29) is 17.4 Å². The standard InChI is InChI=1S/C38H35FN4O6S2/c1-5-34(37(46)43-38-42-30(22-50-38)23-14-16-26(39)17-15-23)51-28-13-9-12-27(20-28)40-36(45)29(41-35(44)24-10-7-6-8-11-24)18-25-19-32(48-3)33(49-4)21-31(25)47-2/h6-22,34H,5H2,1-4H3,(H,40,45)(H,41,44)(H,42,43,46)/b29-18+. The van der Waals surface area contributed by atoms with Gasteiger partial charge in [-0.25, -0.2) is 9.37 Å². The van der Waals surface area contributed by atoms with Crippen LogP contribution in [0.1, 0.15) is 29.3 Å². The second-order valence-electron chi connectivity index (χ2n) is 10.9. The molecule has 0 aliphatic rings. The van der Waals surface area contributed by atoms with E-state index in [0.717, 1.165) is 10.5 Å². The number of carbonyl (C=O) groups is 3. The highest BCUT2D eigenvalue weighted by Gasteiger charge is 2.21. The average Bonchev–Trinajstić information content (AvgIpc) is 3.62. The highest BCUT2D eigenvalue weighted by molar-refractivity contribution is 8.00. The molecule has 1 heterocycles. The normalized spacial score (nSPS) is 11.7. The Hall–Kier alpha value is -5.66. The maximum atomic E-state index is 13.8. The second kappa shape index (κ2) is 17.3. The minimum Gasteiger partial charge on any atom is -0.496 e. The van der Waals surface area contributed by atoms with Crippen molar-refractivity contribution in [1.29, 1.82) is 0 Å². The van der Waals surface area contributed by atoms with Crippen molar-refractivity contribution in [3.63, 3.8) is 0 Å². The van der Waals surface area contributed by atoms with Crippen molar-refractivity contribution in [2.75, 3.05) is 32.0 Å². The lowest BCUT2D eigenvalue weighted by Gasteiger charge is -2.16. The molecule has 3 amide bonds. The summed E-state index contributed by atoms with van der Waals surface area (Å²) in [6.45, 7) is 1.91. The molecule has 1 atom stereocenters. The minimum absolute atomic E-state index is 0.0540. The second-order valence-corrected chi connectivity index (χ2v) is 13.0. The van der Waals surface area contributed by atoms with Gasteiger partial charge in [-0.3, -0.25) is 14.4 Å². The summed E-state index contributed by atoms with van der Waals surface area (Å²) >= 11 is 2.62. The summed E-state index contributed by atoms with van der Waals surface area (Å²) in [6, 6.07) is 24.9. The summed E-state index contributed by atoms with van der Waals surface area (Å²) in [7, 11) is 4.47. The summed E-state index contributed by atoms with van der Waals surface area (Å²) in [6.07, 6.45) is 2.02. The molecule has 262 valence electrons. The quantitative estimate of drug-likeness (QED) is 0.0779. The Kier molecular flexibility index (Phi) is 12.4. The zero-order valence-electron chi connectivity index (χ0n) is 28.2. The van der Waals surface area contributed by atoms with Crippen LogP contribution in [-0.4, -0.2) is 49.3 Å². The van der Waals surface area contributed by atoms with Gasteiger partial charge in [-0.1, -0.05) is 31.2 Å². The Bertz CT molecular complexity index is 2040. The number of methoxy groups -OCH3 is 3. The van der Waals surface area contributed by atoms with Crippen LogP contribution in [0.25, 0.3) is 17.3 Å². The van der Waals surface area contributed by atoms with Gasteiger partial charge in [0.15, 0.2) is 16.6 Å². The van der Waals surface area contributed by atoms with Gasteiger partial charge in [0, 0.05) is 38.7 Å². The van der Waals surface area contributed by atoms with E-state index in [2.05, 4.69) is 20.9 Å². The van der Waals surface area contributed by atoms with E-state index < -0.39 is 17.1 Å². The van der Waals surface area contributed by atoms with Crippen molar-refractivity contribution in [3.8, 4) is 28.5 Å². The number of halogens is 1. The third-order valence-corrected chi connectivity index (χ3v) is 9.59. The summed E-state index contributed by atoms with van der Waals surface area (Å²) < 4.78 is 29.7. The molecule has 0 saturated carbocycles. The summed E-state index contributed by atoms with van der Waals surface area (Å²) in [5, 5.41) is 10.2. The number of amides is 3. The number of anilines is 2. The third kappa shape index (κ3) is 9.53. The zero-order valence-corrected chi connectivity index (χ0v) is 29.8. The van der Waals surface area contributed by atoms with Crippen molar-refractivity contribution in [2.24, 2.45) is 0 Å². The van der Waals surface area contributed by atoms with Gasteiger partial charge in [-0.05, 0) is 73.2 Å². The molecule has 5 rings (SSSR count). The van der Waals surface area contributed by atoms with Gasteiger partial charge in [-0.2, -0.15) is 0 Å². The van der Waals surface area contributed by atoms with E-state index in [1.54, 1.807) is 78.2 Å². The fourth-order valence-electron chi connectivity index (χ4n) is 4.87. The van der Waals surface area contributed by atoms with Gasteiger partial charge in [-0.15, -0.1) is 23.1 Å². The van der Waals surface area contributed by atoms with Crippen LogP contribution < -0.4 is 30.2 Å². The van der Waals surface area contributed by atoms with Crippen LogP contribution in [0, 0.1) is 5.82 Å². The van der Waals surface area contributed by atoms with Gasteiger partial charge in [0.05, 0.1) is 32.3 Å². The average molecular weight is 727 g/mol. The molecule has 3 N–H and O–H groups in total. The van der Waals surface area contributed by atoms with Gasteiger partial charge >= 0.3 is 0 Å². The SMILES string of the molecule is CCC(Sc1cccc(NC(=O)/C(=C\c2cc(OC)c(OC)cc2OC)NC(=O)c2ccccc2)c1)C(=O)Nc1nc(-c2ccc(F)cc2)cs1. The van der Waals surface area contributed by atoms with E-state index in [1.807, 2.05) is 13.0 Å². The van der Waals surface area contributed by atoms with Crippen LogP contribution >= 0.6 is 23.1 Å². The maximum Gasteiger partial charge on any atom is 0.272 e. The Morgan fingerprint density at radius 1 is 0.863 bits per heavy atom. The fraction of sp³-hybridized carbons (Fsp3) is 0.158. The summed E-state index contributed by atoms with van der Waals surface area (Å²) in [4.78, 5) is 45.5. The Morgan fingerprint density at radius 3 is 2.25 bits per heavy atom. The molecular weight excluding hydrogens is 692 g/mol. The topological polar surface area (TPSA) is 128 Å². The first kappa shape index (κ1) is 36.6. The zero-order chi connectivity index (χ0) is 36.3. The van der Waals surface area contributed by atoms with Crippen LogP contribution in [0.2, 0.25) is 0 Å². The lowest BCUT2D eigenvalue weighted by atomic mass is 10.1. The number of rotatable bonds is 14. The number of nitrogens with zero attached hydrogens (tertiary/aromatic N) is 1. The van der Waals surface area contributed by atoms with Gasteiger partial charge in [0.1, 0.15) is 17.3 Å². The van der Waals surface area contributed by atoms with Crippen molar-refractivity contribution in [1.82, 2.24) is 10.3 Å². The Morgan fingerprint density at radius 2 is 1.57 bits per heavy atom. The van der Waals surface area contributed by atoms with Crippen molar-refractivity contribution in [3.05, 3.63) is 119 Å². The molecule has 0 aliphatic heterocycles. The number of hydrogen-bond donors (Lipinski definition) is 3. The van der Waals surface area contributed by atoms with E-state index in [9.17, 15) is 18.8 Å². The number of benzene rings is 4. The monoisotopic (exact) mass is 726 g/mol. The van der Waals surface area contributed by atoms with E-state index >= 15 is 0 Å². The number of hydrogen-bond acceptors (Lipinski definition) is 9. The molecule has 10 nitrogen and oxygen atoms in total. The first-order valence-electron chi connectivity index (χ1n) is 15.7. The smallest absolute Gasteiger partial charge is 0.272 e. The number of carbonyl (C=O) groups excluding carboxylic acids is 3. The van der Waals surface area contributed by atoms with E-state index in [4.69, 9.17) is 14.2 Å². The predicted molar refractivity (Wildman–Crippen MR) is 199 cm³/mol. The first-order valence-corrected chi connectivity index (χ1v) is 17.5. The molecule has 0 fully saturated rings. The number of ether oxygens (including phenoxy) is 3. The Labute approximate surface area is 303 Å². The molecule has 1 unspecified atom stereocenters. The van der Waals surface area contributed by atoms with Gasteiger partial charge in [0.2, 0.25) is 5.91 Å². The highest BCUT2D eigenvalue weighted by atomic mass is 32.2. The fourth-order valence-corrected chi connectivity index (χ4v) is 6.60. The largest absolute Gasteiger partial charge is 0.496 e. The molecule has 0 bridgehead atoms. The number of aromatic nitrogens is 1. The number of thioether (sulfide) groups is 1. The molecule has 51 heavy (non-hydrogen) atoms. The summed E-state index contributed by atoms with van der Waals surface area (Å²) in [5.74, 6) is -0.419. The Balaban J connectivity index is 1.34. The maximum absolute atomic E-state index is 13.8. The lowest BCUT2D eigenvalue weighted by Crippen LogP contribution is -2.30. The molecule has 13 heteroatoms. The van der Waals surface area contributed by atoms with Gasteiger partial charge < -0.3 is 30.2 Å². The minimum atomic E-state index is -0.594.